The Morgan fingerprint density at radius 3 is 2.22 bits per heavy atom. The average Bonchev–Trinajstić information content (AvgIpc) is 2.55. The lowest BCUT2D eigenvalue weighted by Crippen LogP contribution is -2.14. The first kappa shape index (κ1) is 15.0. The van der Waals surface area contributed by atoms with E-state index in [2.05, 4.69) is 4.98 Å². The Bertz CT molecular complexity index is 881. The van der Waals surface area contributed by atoms with Crippen LogP contribution in [0.15, 0.2) is 59.4 Å². The van der Waals surface area contributed by atoms with E-state index < -0.39 is 0 Å². The lowest BCUT2D eigenvalue weighted by atomic mass is 9.97. The van der Waals surface area contributed by atoms with Gasteiger partial charge in [-0.3, -0.25) is 4.79 Å². The van der Waals surface area contributed by atoms with Crippen molar-refractivity contribution >= 4 is 0 Å². The quantitative estimate of drug-likeness (QED) is 0.765. The van der Waals surface area contributed by atoms with Crippen LogP contribution in [-0.4, -0.2) is 10.1 Å². The molecular formula is C19H16FNO2. The van der Waals surface area contributed by atoms with Gasteiger partial charge in [0.05, 0.1) is 0 Å². The minimum atomic E-state index is -0.310. The second-order valence-corrected chi connectivity index (χ2v) is 5.31. The summed E-state index contributed by atoms with van der Waals surface area (Å²) in [5.74, 6) is -0.143. The van der Waals surface area contributed by atoms with Gasteiger partial charge < -0.3 is 10.1 Å². The molecular weight excluding hydrogens is 293 g/mol. The predicted octanol–water partition coefficient (Wildman–Crippen LogP) is 4.12. The standard InChI is InChI=1S/C19H16FNO2/c1-2-16-17(12-3-7-14(20)8-4-12)11-18(21-19(16)23)13-5-9-15(22)10-6-13/h3-11,22H,2H2,1H3,(H,21,23). The van der Waals surface area contributed by atoms with E-state index in [1.54, 1.807) is 36.4 Å². The SMILES string of the molecule is CCc1c(-c2ccc(F)cc2)cc(-c2ccc(O)cc2)[nH]c1=O. The minimum Gasteiger partial charge on any atom is -0.508 e. The number of phenolic OH excluding ortho intramolecular Hbond substituents is 1. The van der Waals surface area contributed by atoms with Crippen LogP contribution in [0.1, 0.15) is 12.5 Å². The van der Waals surface area contributed by atoms with Crippen molar-refractivity contribution in [1.29, 1.82) is 0 Å². The molecule has 0 spiro atoms. The van der Waals surface area contributed by atoms with E-state index in [9.17, 15) is 14.3 Å². The van der Waals surface area contributed by atoms with E-state index >= 15 is 0 Å². The van der Waals surface area contributed by atoms with Gasteiger partial charge in [0, 0.05) is 11.3 Å². The maximum absolute atomic E-state index is 13.2. The van der Waals surface area contributed by atoms with Gasteiger partial charge in [-0.15, -0.1) is 0 Å². The third kappa shape index (κ3) is 3.01. The summed E-state index contributed by atoms with van der Waals surface area (Å²) in [7, 11) is 0. The molecule has 116 valence electrons. The molecule has 3 nitrogen and oxygen atoms in total. The molecule has 1 heterocycles. The number of H-pyrrole nitrogens is 1. The molecule has 3 aromatic rings. The van der Waals surface area contributed by atoms with Gasteiger partial charge in [0.2, 0.25) is 0 Å². The maximum atomic E-state index is 13.2. The van der Waals surface area contributed by atoms with Crippen molar-refractivity contribution in [3.8, 4) is 28.1 Å². The molecule has 0 amide bonds. The lowest BCUT2D eigenvalue weighted by Gasteiger charge is -2.11. The number of aromatic hydroxyl groups is 1. The van der Waals surface area contributed by atoms with Crippen LogP contribution in [0.5, 0.6) is 5.75 Å². The fourth-order valence-corrected chi connectivity index (χ4v) is 2.62. The van der Waals surface area contributed by atoms with Crippen LogP contribution in [-0.2, 0) is 6.42 Å². The van der Waals surface area contributed by atoms with E-state index in [1.807, 2.05) is 13.0 Å². The highest BCUT2D eigenvalue weighted by Crippen LogP contribution is 2.27. The Hall–Kier alpha value is -2.88. The molecule has 0 radical (unpaired) electrons. The van der Waals surface area contributed by atoms with Gasteiger partial charge in [0.25, 0.3) is 5.56 Å². The van der Waals surface area contributed by atoms with Gasteiger partial charge in [-0.25, -0.2) is 4.39 Å². The second kappa shape index (κ2) is 6.08. The molecule has 0 saturated carbocycles. The summed E-state index contributed by atoms with van der Waals surface area (Å²) in [4.78, 5) is 15.3. The third-order valence-corrected chi connectivity index (χ3v) is 3.82. The number of hydrogen-bond acceptors (Lipinski definition) is 2. The zero-order valence-corrected chi connectivity index (χ0v) is 12.6. The number of rotatable bonds is 3. The first-order valence-corrected chi connectivity index (χ1v) is 7.40. The highest BCUT2D eigenvalue weighted by molar-refractivity contribution is 5.73. The first-order chi connectivity index (χ1) is 11.1. The zero-order chi connectivity index (χ0) is 16.4. The summed E-state index contributed by atoms with van der Waals surface area (Å²) < 4.78 is 13.2. The molecule has 1 aromatic heterocycles. The molecule has 0 fully saturated rings. The van der Waals surface area contributed by atoms with E-state index in [1.165, 1.54) is 12.1 Å². The van der Waals surface area contributed by atoms with Gasteiger partial charge >= 0.3 is 0 Å². The van der Waals surface area contributed by atoms with Crippen LogP contribution in [0.3, 0.4) is 0 Å². The molecule has 0 atom stereocenters. The highest BCUT2D eigenvalue weighted by atomic mass is 19.1. The topological polar surface area (TPSA) is 53.1 Å². The minimum absolute atomic E-state index is 0.155. The van der Waals surface area contributed by atoms with Crippen molar-refractivity contribution in [3.05, 3.63) is 76.3 Å². The molecule has 0 bridgehead atoms. The number of benzene rings is 2. The molecule has 0 saturated heterocycles. The Kier molecular flexibility index (Phi) is 3.98. The van der Waals surface area contributed by atoms with Gasteiger partial charge in [-0.05, 0) is 65.6 Å². The molecule has 0 unspecified atom stereocenters. The largest absolute Gasteiger partial charge is 0.508 e. The summed E-state index contributed by atoms with van der Waals surface area (Å²) in [5.41, 5.74) is 3.56. The summed E-state index contributed by atoms with van der Waals surface area (Å²) in [6.07, 6.45) is 0.581. The molecule has 0 aliphatic rings. The van der Waals surface area contributed by atoms with Crippen LogP contribution in [0.25, 0.3) is 22.4 Å². The van der Waals surface area contributed by atoms with Crippen molar-refractivity contribution in [2.24, 2.45) is 0 Å². The average molecular weight is 309 g/mol. The smallest absolute Gasteiger partial charge is 0.252 e. The van der Waals surface area contributed by atoms with E-state index in [0.717, 1.165) is 16.7 Å². The monoisotopic (exact) mass is 309 g/mol. The Morgan fingerprint density at radius 2 is 1.61 bits per heavy atom. The highest BCUT2D eigenvalue weighted by Gasteiger charge is 2.11. The molecule has 23 heavy (non-hydrogen) atoms. The number of nitrogens with one attached hydrogen (secondary N) is 1. The molecule has 0 aliphatic carbocycles. The Balaban J connectivity index is 2.19. The van der Waals surface area contributed by atoms with Crippen LogP contribution < -0.4 is 5.56 Å². The normalized spacial score (nSPS) is 10.7. The number of pyridine rings is 1. The van der Waals surface area contributed by atoms with Crippen LogP contribution >= 0.6 is 0 Å². The summed E-state index contributed by atoms with van der Waals surface area (Å²) in [5, 5.41) is 9.39. The van der Waals surface area contributed by atoms with Crippen molar-refractivity contribution in [2.75, 3.05) is 0 Å². The summed E-state index contributed by atoms with van der Waals surface area (Å²) in [6, 6.07) is 14.6. The van der Waals surface area contributed by atoms with Crippen LogP contribution in [0.2, 0.25) is 0 Å². The van der Waals surface area contributed by atoms with E-state index in [-0.39, 0.29) is 17.1 Å². The lowest BCUT2D eigenvalue weighted by molar-refractivity contribution is 0.475. The van der Waals surface area contributed by atoms with Crippen LogP contribution in [0, 0.1) is 5.82 Å². The molecule has 3 rings (SSSR count). The van der Waals surface area contributed by atoms with E-state index in [4.69, 9.17) is 0 Å². The first-order valence-electron chi connectivity index (χ1n) is 7.40. The van der Waals surface area contributed by atoms with E-state index in [0.29, 0.717) is 17.7 Å². The fourth-order valence-electron chi connectivity index (χ4n) is 2.62. The summed E-state index contributed by atoms with van der Waals surface area (Å²) in [6.45, 7) is 1.91. The van der Waals surface area contributed by atoms with Gasteiger partial charge in [-0.2, -0.15) is 0 Å². The maximum Gasteiger partial charge on any atom is 0.252 e. The number of halogens is 1. The number of aromatic nitrogens is 1. The second-order valence-electron chi connectivity index (χ2n) is 5.31. The molecule has 2 aromatic carbocycles. The fraction of sp³-hybridized carbons (Fsp3) is 0.105. The van der Waals surface area contributed by atoms with Gasteiger partial charge in [0.1, 0.15) is 11.6 Å². The van der Waals surface area contributed by atoms with Gasteiger partial charge in [0.15, 0.2) is 0 Å². The molecule has 2 N–H and O–H groups in total. The molecule has 0 aliphatic heterocycles. The summed E-state index contributed by atoms with van der Waals surface area (Å²) >= 11 is 0. The molecule has 4 heteroatoms. The van der Waals surface area contributed by atoms with Crippen molar-refractivity contribution in [2.45, 2.75) is 13.3 Å². The number of phenols is 1. The van der Waals surface area contributed by atoms with Crippen molar-refractivity contribution < 1.29 is 9.50 Å². The van der Waals surface area contributed by atoms with Gasteiger partial charge in [-0.1, -0.05) is 19.1 Å². The number of aromatic amines is 1. The van der Waals surface area contributed by atoms with Crippen LogP contribution in [0.4, 0.5) is 4.39 Å². The Labute approximate surface area is 133 Å². The number of hydrogen-bond donors (Lipinski definition) is 2. The zero-order valence-electron chi connectivity index (χ0n) is 12.6. The van der Waals surface area contributed by atoms with Crippen molar-refractivity contribution in [3.63, 3.8) is 0 Å². The Morgan fingerprint density at radius 1 is 1.00 bits per heavy atom. The van der Waals surface area contributed by atoms with Crippen molar-refractivity contribution in [1.82, 2.24) is 4.98 Å². The third-order valence-electron chi connectivity index (χ3n) is 3.82. The predicted molar refractivity (Wildman–Crippen MR) is 88.9 cm³/mol.